The van der Waals surface area contributed by atoms with Crippen molar-refractivity contribution in [1.82, 2.24) is 14.9 Å². The molecule has 0 amide bonds. The minimum Gasteiger partial charge on any atom is -0.378 e. The van der Waals surface area contributed by atoms with Crippen LogP contribution >= 0.6 is 27.7 Å². The van der Waals surface area contributed by atoms with Gasteiger partial charge in [-0.1, -0.05) is 58.9 Å². The molecule has 146 valence electrons. The molecule has 1 aromatic heterocycles. The molecule has 1 heterocycles. The van der Waals surface area contributed by atoms with Gasteiger partial charge in [-0.25, -0.2) is 0 Å². The SMILES string of the molecule is CCCc1nnc(SCc2ccc(Br)cc2)n1/N=C\c1ccc(N(C)C)cc1. The topological polar surface area (TPSA) is 46.3 Å². The quantitative estimate of drug-likeness (QED) is 0.343. The van der Waals surface area contributed by atoms with E-state index in [2.05, 4.69) is 91.6 Å². The van der Waals surface area contributed by atoms with Crippen LogP contribution in [0.4, 0.5) is 5.69 Å². The van der Waals surface area contributed by atoms with Crippen LogP contribution in [-0.4, -0.2) is 35.2 Å². The summed E-state index contributed by atoms with van der Waals surface area (Å²) in [6.07, 6.45) is 3.72. The van der Waals surface area contributed by atoms with Gasteiger partial charge in [-0.05, 0) is 41.8 Å². The van der Waals surface area contributed by atoms with E-state index in [1.807, 2.05) is 25.0 Å². The van der Waals surface area contributed by atoms with Gasteiger partial charge in [-0.15, -0.1) is 10.2 Å². The van der Waals surface area contributed by atoms with Crippen LogP contribution in [0.15, 0.2) is 63.3 Å². The van der Waals surface area contributed by atoms with Crippen molar-refractivity contribution in [2.24, 2.45) is 5.10 Å². The van der Waals surface area contributed by atoms with Gasteiger partial charge in [0.25, 0.3) is 0 Å². The molecule has 0 saturated heterocycles. The number of nitrogens with zero attached hydrogens (tertiary/aromatic N) is 5. The van der Waals surface area contributed by atoms with E-state index in [4.69, 9.17) is 0 Å². The number of rotatable bonds is 8. The normalized spacial score (nSPS) is 11.3. The van der Waals surface area contributed by atoms with Crippen molar-refractivity contribution in [1.29, 1.82) is 0 Å². The van der Waals surface area contributed by atoms with Gasteiger partial charge in [0.2, 0.25) is 5.16 Å². The summed E-state index contributed by atoms with van der Waals surface area (Å²) in [7, 11) is 4.07. The maximum Gasteiger partial charge on any atom is 0.212 e. The van der Waals surface area contributed by atoms with E-state index in [1.165, 1.54) is 11.3 Å². The molecule has 0 spiro atoms. The molecule has 0 N–H and O–H groups in total. The van der Waals surface area contributed by atoms with Gasteiger partial charge >= 0.3 is 0 Å². The smallest absolute Gasteiger partial charge is 0.212 e. The Hall–Kier alpha value is -2.12. The largest absolute Gasteiger partial charge is 0.378 e. The first-order valence-electron chi connectivity index (χ1n) is 9.20. The minimum absolute atomic E-state index is 0.813. The lowest BCUT2D eigenvalue weighted by Crippen LogP contribution is -2.08. The number of aryl methyl sites for hydroxylation is 1. The van der Waals surface area contributed by atoms with E-state index >= 15 is 0 Å². The Kier molecular flexibility index (Phi) is 7.28. The second-order valence-electron chi connectivity index (χ2n) is 6.61. The summed E-state index contributed by atoms with van der Waals surface area (Å²) in [5, 5.41) is 14.2. The molecule has 5 nitrogen and oxygen atoms in total. The fourth-order valence-corrected chi connectivity index (χ4v) is 3.72. The molecule has 3 aromatic rings. The van der Waals surface area contributed by atoms with E-state index in [1.54, 1.807) is 11.8 Å². The second kappa shape index (κ2) is 9.89. The van der Waals surface area contributed by atoms with Gasteiger partial charge in [0.15, 0.2) is 5.82 Å². The molecular weight excluding hydrogens is 434 g/mol. The number of halogens is 1. The lowest BCUT2D eigenvalue weighted by atomic mass is 10.2. The van der Waals surface area contributed by atoms with Crippen molar-refractivity contribution in [3.63, 3.8) is 0 Å². The van der Waals surface area contributed by atoms with Crippen LogP contribution in [0, 0.1) is 0 Å². The van der Waals surface area contributed by atoms with Crippen LogP contribution in [0.2, 0.25) is 0 Å². The summed E-state index contributed by atoms with van der Waals surface area (Å²) in [5.74, 6) is 1.71. The highest BCUT2D eigenvalue weighted by Crippen LogP contribution is 2.23. The zero-order valence-electron chi connectivity index (χ0n) is 16.3. The number of anilines is 1. The van der Waals surface area contributed by atoms with Crippen molar-refractivity contribution >= 4 is 39.6 Å². The number of thioether (sulfide) groups is 1. The van der Waals surface area contributed by atoms with Gasteiger partial charge < -0.3 is 4.90 Å². The first kappa shape index (κ1) is 20.6. The summed E-state index contributed by atoms with van der Waals surface area (Å²) >= 11 is 5.12. The minimum atomic E-state index is 0.813. The number of hydrogen-bond acceptors (Lipinski definition) is 5. The zero-order chi connectivity index (χ0) is 19.9. The molecule has 3 rings (SSSR count). The predicted molar refractivity (Wildman–Crippen MR) is 121 cm³/mol. The third-order valence-electron chi connectivity index (χ3n) is 4.16. The van der Waals surface area contributed by atoms with Gasteiger partial charge in [-0.3, -0.25) is 0 Å². The fourth-order valence-electron chi connectivity index (χ4n) is 2.59. The summed E-state index contributed by atoms with van der Waals surface area (Å²) in [6, 6.07) is 16.6. The highest BCUT2D eigenvalue weighted by molar-refractivity contribution is 9.10. The van der Waals surface area contributed by atoms with E-state index in [0.717, 1.165) is 39.6 Å². The summed E-state index contributed by atoms with van der Waals surface area (Å²) in [6.45, 7) is 2.14. The van der Waals surface area contributed by atoms with E-state index < -0.39 is 0 Å². The third-order valence-corrected chi connectivity index (χ3v) is 5.68. The number of hydrogen-bond donors (Lipinski definition) is 0. The molecule has 0 aliphatic heterocycles. The molecule has 0 radical (unpaired) electrons. The molecular formula is C21H24BrN5S. The van der Waals surface area contributed by atoms with Crippen molar-refractivity contribution in [2.45, 2.75) is 30.7 Å². The number of benzene rings is 2. The van der Waals surface area contributed by atoms with Crippen molar-refractivity contribution in [2.75, 3.05) is 19.0 Å². The van der Waals surface area contributed by atoms with Crippen LogP contribution < -0.4 is 4.90 Å². The molecule has 2 aromatic carbocycles. The molecule has 0 saturated carbocycles. The highest BCUT2D eigenvalue weighted by atomic mass is 79.9. The Bertz CT molecular complexity index is 917. The molecule has 0 fully saturated rings. The average molecular weight is 458 g/mol. The summed E-state index contributed by atoms with van der Waals surface area (Å²) < 4.78 is 2.95. The number of aromatic nitrogens is 3. The monoisotopic (exact) mass is 457 g/mol. The van der Waals surface area contributed by atoms with Gasteiger partial charge in [0.1, 0.15) is 0 Å². The standard InChI is InChI=1S/C21H24BrN5S/c1-4-5-20-24-25-21(28-15-17-6-10-18(22)11-7-17)27(20)23-14-16-8-12-19(13-9-16)26(2)3/h6-14H,4-5,15H2,1-3H3/b23-14-. The molecule has 0 aliphatic carbocycles. The van der Waals surface area contributed by atoms with Gasteiger partial charge in [0.05, 0.1) is 6.21 Å². The molecule has 7 heteroatoms. The van der Waals surface area contributed by atoms with Crippen molar-refractivity contribution in [3.8, 4) is 0 Å². The molecule has 28 heavy (non-hydrogen) atoms. The van der Waals surface area contributed by atoms with E-state index in [0.29, 0.717) is 0 Å². The Balaban J connectivity index is 1.77. The van der Waals surface area contributed by atoms with Crippen molar-refractivity contribution in [3.05, 3.63) is 70.0 Å². The lowest BCUT2D eigenvalue weighted by Gasteiger charge is -2.11. The molecule has 0 aliphatic rings. The van der Waals surface area contributed by atoms with Gasteiger partial charge in [-0.2, -0.15) is 9.78 Å². The predicted octanol–water partition coefficient (Wildman–Crippen LogP) is 5.23. The highest BCUT2D eigenvalue weighted by Gasteiger charge is 2.11. The Morgan fingerprint density at radius 1 is 1.07 bits per heavy atom. The Morgan fingerprint density at radius 2 is 1.79 bits per heavy atom. The lowest BCUT2D eigenvalue weighted by molar-refractivity contribution is 0.700. The fraction of sp³-hybridized carbons (Fsp3) is 0.286. The zero-order valence-corrected chi connectivity index (χ0v) is 18.7. The first-order valence-corrected chi connectivity index (χ1v) is 11.0. The summed E-state index contributed by atoms with van der Waals surface area (Å²) in [4.78, 5) is 2.08. The van der Waals surface area contributed by atoms with E-state index in [9.17, 15) is 0 Å². The first-order chi connectivity index (χ1) is 13.6. The van der Waals surface area contributed by atoms with E-state index in [-0.39, 0.29) is 0 Å². The van der Waals surface area contributed by atoms with Crippen molar-refractivity contribution < 1.29 is 0 Å². The van der Waals surface area contributed by atoms with Crippen LogP contribution in [0.25, 0.3) is 0 Å². The molecule has 0 bridgehead atoms. The Morgan fingerprint density at radius 3 is 2.43 bits per heavy atom. The van der Waals surface area contributed by atoms with Crippen LogP contribution in [0.3, 0.4) is 0 Å². The van der Waals surface area contributed by atoms with Crippen LogP contribution in [-0.2, 0) is 12.2 Å². The molecule has 0 atom stereocenters. The maximum atomic E-state index is 4.68. The third kappa shape index (κ3) is 5.45. The van der Waals surface area contributed by atoms with Crippen LogP contribution in [0.5, 0.6) is 0 Å². The maximum absolute atomic E-state index is 4.68. The van der Waals surface area contributed by atoms with Crippen LogP contribution in [0.1, 0.15) is 30.3 Å². The Labute approximate surface area is 179 Å². The molecule has 0 unspecified atom stereocenters. The summed E-state index contributed by atoms with van der Waals surface area (Å²) in [5.41, 5.74) is 3.45. The average Bonchev–Trinajstić information content (AvgIpc) is 3.08. The second-order valence-corrected chi connectivity index (χ2v) is 8.46. The van der Waals surface area contributed by atoms with Gasteiger partial charge in [0, 0.05) is 36.4 Å².